The number of thiophene rings is 1. The molecule has 0 spiro atoms. The maximum absolute atomic E-state index is 13.4. The number of rotatable bonds is 9. The number of urea groups is 1. The van der Waals surface area contributed by atoms with Crippen LogP contribution >= 0.6 is 11.3 Å². The lowest BCUT2D eigenvalue weighted by molar-refractivity contribution is -0.133. The standard InChI is InChI=1S/C26H30FN3O2S/c1-4-15-29(26(32)28-24-8-6-5-7-19(24)2)18-25(31)30(17-23-14-9-20(3)33-23)16-21-10-12-22(27)13-11-21/h5-14H,4,15-18H2,1-3H3,(H,28,32). The number of hydrogen-bond donors (Lipinski definition) is 1. The molecule has 0 aliphatic carbocycles. The van der Waals surface area contributed by atoms with Gasteiger partial charge in [-0.1, -0.05) is 37.3 Å². The zero-order chi connectivity index (χ0) is 23.8. The van der Waals surface area contributed by atoms with Crippen LogP contribution in [0.5, 0.6) is 0 Å². The van der Waals surface area contributed by atoms with Gasteiger partial charge in [0.25, 0.3) is 0 Å². The highest BCUT2D eigenvalue weighted by Gasteiger charge is 2.22. The van der Waals surface area contributed by atoms with Gasteiger partial charge in [0.1, 0.15) is 12.4 Å². The van der Waals surface area contributed by atoms with Crippen LogP contribution in [0.2, 0.25) is 0 Å². The molecule has 0 saturated carbocycles. The number of hydrogen-bond acceptors (Lipinski definition) is 3. The van der Waals surface area contributed by atoms with Gasteiger partial charge >= 0.3 is 6.03 Å². The van der Waals surface area contributed by atoms with Crippen molar-refractivity contribution >= 4 is 29.0 Å². The Bertz CT molecular complexity index is 1080. The molecule has 1 N–H and O–H groups in total. The number of anilines is 1. The van der Waals surface area contributed by atoms with Crippen LogP contribution in [0, 0.1) is 19.7 Å². The Morgan fingerprint density at radius 1 is 0.939 bits per heavy atom. The molecular weight excluding hydrogens is 437 g/mol. The number of aryl methyl sites for hydroxylation is 2. The number of para-hydroxylation sites is 1. The monoisotopic (exact) mass is 467 g/mol. The van der Waals surface area contributed by atoms with E-state index in [-0.39, 0.29) is 24.3 Å². The maximum Gasteiger partial charge on any atom is 0.322 e. The van der Waals surface area contributed by atoms with E-state index < -0.39 is 0 Å². The van der Waals surface area contributed by atoms with Crippen molar-refractivity contribution in [2.45, 2.75) is 40.3 Å². The Labute approximate surface area is 198 Å². The van der Waals surface area contributed by atoms with Crippen molar-refractivity contribution in [2.75, 3.05) is 18.4 Å². The first-order valence-corrected chi connectivity index (χ1v) is 11.9. The fourth-order valence-electron chi connectivity index (χ4n) is 3.49. The van der Waals surface area contributed by atoms with Crippen molar-refractivity contribution in [1.29, 1.82) is 0 Å². The predicted octanol–water partition coefficient (Wildman–Crippen LogP) is 5.98. The summed E-state index contributed by atoms with van der Waals surface area (Å²) in [7, 11) is 0. The van der Waals surface area contributed by atoms with Crippen LogP contribution in [0.4, 0.5) is 14.9 Å². The van der Waals surface area contributed by atoms with E-state index in [1.54, 1.807) is 33.3 Å². The zero-order valence-corrected chi connectivity index (χ0v) is 20.1. The minimum Gasteiger partial charge on any atom is -0.332 e. The molecule has 3 aromatic rings. The average Bonchev–Trinajstić information content (AvgIpc) is 3.20. The van der Waals surface area contributed by atoms with Gasteiger partial charge in [-0.25, -0.2) is 9.18 Å². The second-order valence-corrected chi connectivity index (χ2v) is 9.43. The third kappa shape index (κ3) is 7.15. The molecule has 174 valence electrons. The zero-order valence-electron chi connectivity index (χ0n) is 19.3. The summed E-state index contributed by atoms with van der Waals surface area (Å²) in [5, 5.41) is 2.92. The van der Waals surface area contributed by atoms with E-state index in [1.165, 1.54) is 17.0 Å². The van der Waals surface area contributed by atoms with Crippen molar-refractivity contribution in [3.05, 3.63) is 87.4 Å². The quantitative estimate of drug-likeness (QED) is 0.421. The predicted molar refractivity (Wildman–Crippen MR) is 132 cm³/mol. The molecule has 0 atom stereocenters. The Morgan fingerprint density at radius 3 is 2.30 bits per heavy atom. The van der Waals surface area contributed by atoms with E-state index in [1.807, 2.05) is 57.2 Å². The third-order valence-corrected chi connectivity index (χ3v) is 6.26. The number of amides is 3. The fraction of sp³-hybridized carbons (Fsp3) is 0.308. The highest BCUT2D eigenvalue weighted by Crippen LogP contribution is 2.20. The Balaban J connectivity index is 1.76. The van der Waals surface area contributed by atoms with E-state index in [0.29, 0.717) is 19.6 Å². The van der Waals surface area contributed by atoms with Crippen LogP contribution in [0.1, 0.15) is 34.2 Å². The number of carbonyl (C=O) groups is 2. The van der Waals surface area contributed by atoms with Gasteiger partial charge in [0, 0.05) is 28.5 Å². The first kappa shape index (κ1) is 24.5. The van der Waals surface area contributed by atoms with Crippen molar-refractivity contribution in [2.24, 2.45) is 0 Å². The van der Waals surface area contributed by atoms with Crippen molar-refractivity contribution < 1.29 is 14.0 Å². The Morgan fingerprint density at radius 2 is 1.67 bits per heavy atom. The summed E-state index contributed by atoms with van der Waals surface area (Å²) >= 11 is 1.64. The molecule has 7 heteroatoms. The molecule has 0 saturated heterocycles. The number of nitrogens with zero attached hydrogens (tertiary/aromatic N) is 2. The molecule has 0 aliphatic rings. The summed E-state index contributed by atoms with van der Waals surface area (Å²) in [6.07, 6.45) is 0.733. The molecule has 2 aromatic carbocycles. The highest BCUT2D eigenvalue weighted by atomic mass is 32.1. The van der Waals surface area contributed by atoms with Crippen molar-refractivity contribution in [3.63, 3.8) is 0 Å². The number of carbonyl (C=O) groups excluding carboxylic acids is 2. The Kier molecular flexibility index (Phi) is 8.60. The molecule has 0 radical (unpaired) electrons. The van der Waals surface area contributed by atoms with E-state index in [9.17, 15) is 14.0 Å². The number of benzene rings is 2. The van der Waals surface area contributed by atoms with E-state index in [0.717, 1.165) is 28.1 Å². The minimum atomic E-state index is -0.312. The van der Waals surface area contributed by atoms with Gasteiger partial charge in [-0.05, 0) is 61.7 Å². The molecule has 5 nitrogen and oxygen atoms in total. The summed E-state index contributed by atoms with van der Waals surface area (Å²) in [6, 6.07) is 17.5. The summed E-state index contributed by atoms with van der Waals surface area (Å²) in [6.45, 7) is 7.15. The van der Waals surface area contributed by atoms with Crippen LogP contribution in [-0.2, 0) is 17.9 Å². The van der Waals surface area contributed by atoms with E-state index in [2.05, 4.69) is 5.32 Å². The molecule has 3 rings (SSSR count). The highest BCUT2D eigenvalue weighted by molar-refractivity contribution is 7.11. The van der Waals surface area contributed by atoms with Gasteiger partial charge in [-0.15, -0.1) is 11.3 Å². The second-order valence-electron chi connectivity index (χ2n) is 8.06. The van der Waals surface area contributed by atoms with Crippen molar-refractivity contribution in [1.82, 2.24) is 9.80 Å². The second kappa shape index (κ2) is 11.6. The van der Waals surface area contributed by atoms with Gasteiger partial charge in [-0.2, -0.15) is 0 Å². The molecule has 0 aliphatic heterocycles. The fourth-order valence-corrected chi connectivity index (χ4v) is 4.40. The van der Waals surface area contributed by atoms with Crippen LogP contribution < -0.4 is 5.32 Å². The normalized spacial score (nSPS) is 10.7. The maximum atomic E-state index is 13.4. The number of nitrogens with one attached hydrogen (secondary N) is 1. The molecule has 0 unspecified atom stereocenters. The van der Waals surface area contributed by atoms with E-state index >= 15 is 0 Å². The lowest BCUT2D eigenvalue weighted by Crippen LogP contribution is -2.44. The smallest absolute Gasteiger partial charge is 0.322 e. The first-order chi connectivity index (χ1) is 15.9. The Hall–Kier alpha value is -3.19. The lowest BCUT2D eigenvalue weighted by atomic mass is 10.2. The van der Waals surface area contributed by atoms with Crippen LogP contribution in [-0.4, -0.2) is 34.8 Å². The molecular formula is C26H30FN3O2S. The molecule has 1 heterocycles. The summed E-state index contributed by atoms with van der Waals surface area (Å²) in [5.41, 5.74) is 2.53. The van der Waals surface area contributed by atoms with E-state index in [4.69, 9.17) is 0 Å². The van der Waals surface area contributed by atoms with Gasteiger partial charge in [0.2, 0.25) is 5.91 Å². The van der Waals surface area contributed by atoms with Gasteiger partial charge in [0.05, 0.1) is 6.54 Å². The van der Waals surface area contributed by atoms with Gasteiger partial charge in [0.15, 0.2) is 0 Å². The van der Waals surface area contributed by atoms with Crippen LogP contribution in [0.3, 0.4) is 0 Å². The summed E-state index contributed by atoms with van der Waals surface area (Å²) < 4.78 is 13.4. The van der Waals surface area contributed by atoms with Gasteiger partial charge < -0.3 is 15.1 Å². The summed E-state index contributed by atoms with van der Waals surface area (Å²) in [5.74, 6) is -0.466. The van der Waals surface area contributed by atoms with Crippen molar-refractivity contribution in [3.8, 4) is 0 Å². The molecule has 0 bridgehead atoms. The first-order valence-electron chi connectivity index (χ1n) is 11.0. The van der Waals surface area contributed by atoms with Crippen LogP contribution in [0.25, 0.3) is 0 Å². The molecule has 0 fully saturated rings. The largest absolute Gasteiger partial charge is 0.332 e. The van der Waals surface area contributed by atoms with Gasteiger partial charge in [-0.3, -0.25) is 4.79 Å². The molecule has 33 heavy (non-hydrogen) atoms. The molecule has 1 aromatic heterocycles. The van der Waals surface area contributed by atoms with Crippen LogP contribution in [0.15, 0.2) is 60.7 Å². The SMILES string of the molecule is CCCN(CC(=O)N(Cc1ccc(F)cc1)Cc1ccc(C)s1)C(=O)Nc1ccccc1C. The topological polar surface area (TPSA) is 52.7 Å². The summed E-state index contributed by atoms with van der Waals surface area (Å²) in [4.78, 5) is 31.9. The lowest BCUT2D eigenvalue weighted by Gasteiger charge is -2.28. The average molecular weight is 468 g/mol. The number of halogens is 1. The third-order valence-electron chi connectivity index (χ3n) is 5.28. The molecule has 3 amide bonds. The minimum absolute atomic E-state index is 0.0306.